The van der Waals surface area contributed by atoms with Crippen molar-refractivity contribution in [3.05, 3.63) is 96.9 Å². The van der Waals surface area contributed by atoms with E-state index in [1.54, 1.807) is 63.4 Å². The molecule has 6 aromatic heterocycles. The molecule has 6 aromatic rings. The van der Waals surface area contributed by atoms with Gasteiger partial charge in [-0.1, -0.05) is 231 Å². The van der Waals surface area contributed by atoms with Gasteiger partial charge >= 0.3 is 15.6 Å². The molecule has 33 nitrogen and oxygen atoms in total. The number of aromatic nitrogens is 8. The smallest absolute Gasteiger partial charge is 0.475 e. The molecule has 0 amide bonds. The molecule has 0 radical (unpaired) electrons. The van der Waals surface area contributed by atoms with Gasteiger partial charge in [0, 0.05) is 37.5 Å². The number of nitrogen functional groups attached to an aromatic ring is 2. The first-order valence-electron chi connectivity index (χ1n) is 45.9. The number of methoxy groups -OCH3 is 2. The van der Waals surface area contributed by atoms with Crippen LogP contribution in [-0.4, -0.2) is 193 Å². The van der Waals surface area contributed by atoms with Crippen molar-refractivity contribution >= 4 is 38.3 Å². The Morgan fingerprint density at radius 2 is 1.05 bits per heavy atom. The summed E-state index contributed by atoms with van der Waals surface area (Å²) in [5, 5.41) is 60.2. The second-order valence-electron chi connectivity index (χ2n) is 34.4. The zero-order valence-corrected chi connectivity index (χ0v) is 77.4. The van der Waals surface area contributed by atoms with Crippen LogP contribution in [0, 0.1) is 28.6 Å². The van der Waals surface area contributed by atoms with E-state index in [0.29, 0.717) is 67.0 Å². The van der Waals surface area contributed by atoms with E-state index < -0.39 is 100 Å². The number of nitriles is 2. The van der Waals surface area contributed by atoms with Gasteiger partial charge in [-0.15, -0.1) is 0 Å². The van der Waals surface area contributed by atoms with Crippen molar-refractivity contribution in [1.82, 2.24) is 39.2 Å². The Kier molecular flexibility index (Phi) is 42.4. The number of phosphoric ester groups is 2. The number of pyridine rings is 2. The minimum absolute atomic E-state index is 0.0400. The first-order chi connectivity index (χ1) is 60.8. The van der Waals surface area contributed by atoms with Crippen LogP contribution in [-0.2, 0) is 71.4 Å². The van der Waals surface area contributed by atoms with Crippen LogP contribution in [0.15, 0.2) is 85.5 Å². The van der Waals surface area contributed by atoms with Crippen LogP contribution in [0.25, 0.3) is 11.0 Å². The van der Waals surface area contributed by atoms with Gasteiger partial charge in [-0.05, 0) is 90.0 Å². The number of hydrogen-bond donors (Lipinski definition) is 6. The quantitative estimate of drug-likeness (QED) is 0.0117. The van der Waals surface area contributed by atoms with Gasteiger partial charge in [-0.2, -0.15) is 30.7 Å². The standard InChI is InChI=1S/C39H61N6O10P.C27H49NO4.C25H32N5O7P/c1-3-4-5-6-7-8-9-10-11-12-13-14-15-16-17-18-24-51-25-30(54-35-21-19-20-34(44-35)50-2)26-52-56(48,49)53-27-32-36(46)37(47)39(28-40,55-32)33-23-22-31-38(41)42-29-43-45(31)33;1-3-4-5-6-7-8-9-10-11-12-13-14-15-16-17-18-22-31-24-25(23-29)32-27-21-19-20-26(28-27)30-2;1-14(2)15-8-9-24(5)19(10-15)36-38(31,37-24)32-11-17-20-21(35-23(3,4)34-20)25(12-26,33-17)18-7-6-16-22(27)28-13-29-30(16)18/h19-23,29-30,32,36-37,46-47H,3-18,24-27H2,1-2H3,(H,48,49)(H2,41,42,43);19-21,25,29H,3-18,22-24H2,1-2H3;6-7,13,15,17,19-21H,1,8-11H2,2-5H3,(H2,27,28,29)/t30-,32-,36-,37-,39+;25-;15-,17+,19+,20+,21+,24+,25-,38-/m100/s1. The van der Waals surface area contributed by atoms with E-state index in [9.17, 15) is 39.9 Å². The van der Waals surface area contributed by atoms with Gasteiger partial charge in [0.2, 0.25) is 34.7 Å². The van der Waals surface area contributed by atoms with Gasteiger partial charge in [0.15, 0.2) is 17.4 Å². The fraction of sp³-hybridized carbons (Fsp3) is 0.714. The SMILES string of the molecule is C=C(C)[C@H]1CC[C@@]2(C)O[P@@](=O)(OC[C@H]3O[C@@](C#N)(c4ccc5c(N)ncnn45)[C@@H]4OC(C)(C)O[C@@H]43)O[C@@H]2C1.CCCCCCCCCCCCCCCCCCOC[C@H](CO)Oc1cccc(OC)n1.CCCCCCCCCCCCCCCCCCOC[C@H](COP(=O)(O)OC[C@H]1O[C@@](C#N)(c2ccc3c(N)ncnn23)[C@H](O)[C@@H]1O)Oc1cccc(OC)n1. The molecule has 35 heteroatoms. The lowest BCUT2D eigenvalue weighted by Gasteiger charge is -2.36. The summed E-state index contributed by atoms with van der Waals surface area (Å²) in [4.78, 5) is 26.9. The predicted octanol–water partition coefficient (Wildman–Crippen LogP) is 17.1. The number of fused-ring (bicyclic) bond motifs is 4. The van der Waals surface area contributed by atoms with E-state index in [-0.39, 0.29) is 55.1 Å². The van der Waals surface area contributed by atoms with Gasteiger partial charge in [0.1, 0.15) is 90.3 Å². The Balaban J connectivity index is 0.000000224. The number of phosphoric acid groups is 2. The Hall–Kier alpha value is -7.08. The summed E-state index contributed by atoms with van der Waals surface area (Å²) in [7, 11) is -5.64. The normalized spacial score (nSPS) is 25.0. The zero-order chi connectivity index (χ0) is 90.4. The van der Waals surface area contributed by atoms with Crippen molar-refractivity contribution < 1.29 is 99.3 Å². The second-order valence-corrected chi connectivity index (χ2v) is 37.4. The van der Waals surface area contributed by atoms with E-state index in [1.807, 2.05) is 26.0 Å². The molecule has 8 N–H and O–H groups in total. The third-order valence-electron chi connectivity index (χ3n) is 23.9. The number of anilines is 2. The molecule has 10 heterocycles. The average molecular weight is 1800 g/mol. The van der Waals surface area contributed by atoms with Crippen molar-refractivity contribution in [3.8, 4) is 35.7 Å². The number of aliphatic hydroxyl groups is 3. The maximum absolute atomic E-state index is 13.6. The molecule has 1 aliphatic carbocycles. The topological polar surface area (TPSA) is 439 Å². The molecule has 702 valence electrons. The molecule has 1 saturated carbocycles. The molecule has 11 rings (SSSR count). The van der Waals surface area contributed by atoms with Crippen molar-refractivity contribution in [2.45, 2.75) is 344 Å². The lowest BCUT2D eigenvalue weighted by atomic mass is 9.75. The third-order valence-corrected chi connectivity index (χ3v) is 26.5. The van der Waals surface area contributed by atoms with Crippen LogP contribution in [0.1, 0.15) is 278 Å². The molecule has 5 fully saturated rings. The molecule has 15 atom stereocenters. The monoisotopic (exact) mass is 1800 g/mol. The number of unbranched alkanes of at least 4 members (excludes halogenated alkanes) is 30. The maximum Gasteiger partial charge on any atom is 0.475 e. The van der Waals surface area contributed by atoms with Crippen LogP contribution in [0.2, 0.25) is 0 Å². The Morgan fingerprint density at radius 1 is 0.603 bits per heavy atom. The van der Waals surface area contributed by atoms with Crippen LogP contribution in [0.5, 0.6) is 23.5 Å². The summed E-state index contributed by atoms with van der Waals surface area (Å²) in [5.74, 6) is 1.12. The number of hydrogen-bond acceptors (Lipinski definition) is 30. The fourth-order valence-electron chi connectivity index (χ4n) is 16.7. The largest absolute Gasteiger partial charge is 0.481 e. The number of aliphatic hydroxyl groups excluding tert-OH is 3. The van der Waals surface area contributed by atoms with Gasteiger partial charge in [-0.25, -0.2) is 28.1 Å². The van der Waals surface area contributed by atoms with Gasteiger partial charge < -0.3 is 79.0 Å². The summed E-state index contributed by atoms with van der Waals surface area (Å²) < 4.78 is 115. The second kappa shape index (κ2) is 52.1. The molecule has 5 aliphatic rings. The average Bonchev–Trinajstić information content (AvgIpc) is 1.55. The highest BCUT2D eigenvalue weighted by atomic mass is 31.2. The van der Waals surface area contributed by atoms with Crippen LogP contribution >= 0.6 is 15.6 Å². The first kappa shape index (κ1) is 103. The minimum Gasteiger partial charge on any atom is -0.481 e. The summed E-state index contributed by atoms with van der Waals surface area (Å²) >= 11 is 0. The summed E-state index contributed by atoms with van der Waals surface area (Å²) in [6.07, 6.45) is 38.1. The van der Waals surface area contributed by atoms with Crippen molar-refractivity contribution in [1.29, 1.82) is 10.5 Å². The Morgan fingerprint density at radius 3 is 1.51 bits per heavy atom. The third kappa shape index (κ3) is 30.2. The van der Waals surface area contributed by atoms with Crippen LogP contribution in [0.4, 0.5) is 11.6 Å². The fourth-order valence-corrected chi connectivity index (χ4v) is 19.3. The highest BCUT2D eigenvalue weighted by molar-refractivity contribution is 7.48. The summed E-state index contributed by atoms with van der Waals surface area (Å²) in [6.45, 7) is 16.2. The molecule has 4 saturated heterocycles. The number of allylic oxidation sites excluding steroid dienone is 1. The first-order valence-corrected chi connectivity index (χ1v) is 48.9. The molecule has 126 heavy (non-hydrogen) atoms. The van der Waals surface area contributed by atoms with E-state index in [1.165, 1.54) is 221 Å². The van der Waals surface area contributed by atoms with Crippen molar-refractivity contribution in [2.75, 3.05) is 78.5 Å². The predicted molar refractivity (Wildman–Crippen MR) is 475 cm³/mol. The molecular weight excluding hydrogens is 1660 g/mol. The summed E-state index contributed by atoms with van der Waals surface area (Å²) in [6, 6.07) is 20.9. The Bertz CT molecular complexity index is 4400. The molecule has 0 spiro atoms. The Labute approximate surface area is 744 Å². The summed E-state index contributed by atoms with van der Waals surface area (Å²) in [5.41, 5.74) is 9.93. The molecule has 4 aliphatic heterocycles. The number of rotatable bonds is 57. The zero-order valence-electron chi connectivity index (χ0n) is 75.6. The van der Waals surface area contributed by atoms with E-state index >= 15 is 0 Å². The van der Waals surface area contributed by atoms with Gasteiger partial charge in [0.25, 0.3) is 0 Å². The van der Waals surface area contributed by atoms with Crippen LogP contribution < -0.4 is 30.4 Å². The molecular formula is C91H142N12O21P2. The number of ether oxygens (including phenoxy) is 10. The van der Waals surface area contributed by atoms with E-state index in [2.05, 4.69) is 56.6 Å². The van der Waals surface area contributed by atoms with Crippen molar-refractivity contribution in [3.63, 3.8) is 0 Å². The van der Waals surface area contributed by atoms with Gasteiger partial charge in [-0.3, -0.25) is 22.6 Å². The van der Waals surface area contributed by atoms with E-state index in [4.69, 9.17) is 81.5 Å². The maximum atomic E-state index is 13.6. The van der Waals surface area contributed by atoms with Gasteiger partial charge in [0.05, 0.1) is 71.4 Å². The number of nitrogens with zero attached hydrogens (tertiary/aromatic N) is 10. The molecule has 1 unspecified atom stereocenters. The van der Waals surface area contributed by atoms with Crippen molar-refractivity contribution in [2.24, 2.45) is 5.92 Å². The van der Waals surface area contributed by atoms with Crippen LogP contribution in [0.3, 0.4) is 0 Å². The highest BCUT2D eigenvalue weighted by Crippen LogP contribution is 2.65. The lowest BCUT2D eigenvalue weighted by Crippen LogP contribution is -2.42. The highest BCUT2D eigenvalue weighted by Gasteiger charge is 2.66. The molecule has 0 bridgehead atoms. The van der Waals surface area contributed by atoms with E-state index in [0.717, 1.165) is 37.7 Å². The minimum atomic E-state index is -4.78. The molecule has 0 aromatic carbocycles. The number of nitrogens with two attached hydrogens (primary N) is 2. The lowest BCUT2D eigenvalue weighted by molar-refractivity contribution is -0.204.